The van der Waals surface area contributed by atoms with E-state index in [-0.39, 0.29) is 41.3 Å². The number of anilines is 1. The Morgan fingerprint density at radius 3 is 2.47 bits per heavy atom. The second-order valence-corrected chi connectivity index (χ2v) is 10.2. The van der Waals surface area contributed by atoms with Crippen molar-refractivity contribution in [3.63, 3.8) is 0 Å². The number of para-hydroxylation sites is 1. The first-order chi connectivity index (χ1) is 16.3. The Morgan fingerprint density at radius 2 is 1.76 bits per heavy atom. The van der Waals surface area contributed by atoms with Gasteiger partial charge < -0.3 is 9.84 Å². The van der Waals surface area contributed by atoms with Gasteiger partial charge in [0.2, 0.25) is 15.9 Å². The third-order valence-electron chi connectivity index (χ3n) is 5.98. The number of hydrogen-bond donors (Lipinski definition) is 1. The highest BCUT2D eigenvalue weighted by molar-refractivity contribution is 7.89. The van der Waals surface area contributed by atoms with Crippen LogP contribution in [0.5, 0.6) is 0 Å². The van der Waals surface area contributed by atoms with Gasteiger partial charge in [-0.05, 0) is 56.5 Å². The number of nitrogens with one attached hydrogen (secondary N) is 1. The first kappa shape index (κ1) is 23.8. The first-order valence-corrected chi connectivity index (χ1v) is 12.5. The number of nitrogens with zero attached hydrogens (tertiary/aromatic N) is 2. The second kappa shape index (κ2) is 9.90. The molecule has 4 rings (SSSR count). The number of aromatic nitrogens is 1. The number of carbonyl (C=O) groups excluding carboxylic acids is 1. The number of amides is 1. The van der Waals surface area contributed by atoms with Crippen LogP contribution < -0.4 is 5.32 Å². The molecule has 1 N–H and O–H groups in total. The normalized spacial score (nSPS) is 15.6. The molecule has 0 atom stereocenters. The number of benzene rings is 2. The minimum Gasteiger partial charge on any atom is -0.355 e. The Morgan fingerprint density at radius 1 is 1.09 bits per heavy atom. The number of halogens is 1. The third-order valence-corrected chi connectivity index (χ3v) is 8.04. The van der Waals surface area contributed by atoms with E-state index in [4.69, 9.17) is 4.52 Å². The molecule has 178 valence electrons. The van der Waals surface area contributed by atoms with Crippen LogP contribution in [0.1, 0.15) is 35.4 Å². The van der Waals surface area contributed by atoms with E-state index < -0.39 is 15.8 Å². The largest absolute Gasteiger partial charge is 0.355 e. The molecule has 1 saturated heterocycles. The van der Waals surface area contributed by atoms with Gasteiger partial charge in [0.15, 0.2) is 10.7 Å². The van der Waals surface area contributed by atoms with Crippen molar-refractivity contribution in [3.8, 4) is 0 Å². The van der Waals surface area contributed by atoms with Crippen LogP contribution >= 0.6 is 0 Å². The van der Waals surface area contributed by atoms with E-state index in [2.05, 4.69) is 10.5 Å². The molecular weight excluding hydrogens is 457 g/mol. The average Bonchev–Trinajstić information content (AvgIpc) is 3.21. The summed E-state index contributed by atoms with van der Waals surface area (Å²) in [5.74, 6) is -0.776. The molecule has 1 amide bonds. The van der Waals surface area contributed by atoms with Crippen LogP contribution in [0, 0.1) is 25.6 Å². The number of carbonyl (C=O) groups is 1. The van der Waals surface area contributed by atoms with Gasteiger partial charge in [-0.15, -0.1) is 0 Å². The quantitative estimate of drug-likeness (QED) is 0.551. The molecular formula is C25H26FN3O4S. The van der Waals surface area contributed by atoms with E-state index in [0.29, 0.717) is 18.4 Å². The number of hydrogen-bond acceptors (Lipinski definition) is 5. The van der Waals surface area contributed by atoms with Gasteiger partial charge in [0.1, 0.15) is 11.5 Å². The Labute approximate surface area is 198 Å². The molecule has 1 aromatic heterocycles. The highest BCUT2D eigenvalue weighted by atomic mass is 32.2. The van der Waals surface area contributed by atoms with Crippen LogP contribution in [0.2, 0.25) is 0 Å². The summed E-state index contributed by atoms with van der Waals surface area (Å²) in [4.78, 5) is 12.7. The van der Waals surface area contributed by atoms with Gasteiger partial charge in [-0.3, -0.25) is 4.79 Å². The molecule has 0 spiro atoms. The second-order valence-electron chi connectivity index (χ2n) is 8.30. The van der Waals surface area contributed by atoms with Gasteiger partial charge in [-0.1, -0.05) is 41.6 Å². The maximum Gasteiger partial charge on any atom is 0.248 e. The SMILES string of the molecule is Cc1ccccc1NC(=O)C1CCN(S(=O)(=O)c2c(C)noc2C=Cc2ccccc2F)CC1. The van der Waals surface area contributed by atoms with Crippen LogP contribution in [0.25, 0.3) is 12.2 Å². The third kappa shape index (κ3) is 4.95. The molecule has 0 unspecified atom stereocenters. The van der Waals surface area contributed by atoms with E-state index >= 15 is 0 Å². The van der Waals surface area contributed by atoms with Crippen LogP contribution in [0.15, 0.2) is 57.9 Å². The van der Waals surface area contributed by atoms with Crippen molar-refractivity contribution in [1.82, 2.24) is 9.46 Å². The predicted octanol–water partition coefficient (Wildman–Crippen LogP) is 4.64. The van der Waals surface area contributed by atoms with Crippen LogP contribution in [0.3, 0.4) is 0 Å². The van der Waals surface area contributed by atoms with Crippen molar-refractivity contribution in [1.29, 1.82) is 0 Å². The minimum atomic E-state index is -3.91. The van der Waals surface area contributed by atoms with Crippen LogP contribution in [-0.2, 0) is 14.8 Å². The number of piperidine rings is 1. The molecule has 7 nitrogen and oxygen atoms in total. The van der Waals surface area contributed by atoms with Crippen molar-refractivity contribution >= 4 is 33.8 Å². The lowest BCUT2D eigenvalue weighted by atomic mass is 9.97. The number of aryl methyl sites for hydroxylation is 2. The fourth-order valence-corrected chi connectivity index (χ4v) is 5.73. The summed E-state index contributed by atoms with van der Waals surface area (Å²) in [6, 6.07) is 13.7. The van der Waals surface area contributed by atoms with E-state index in [9.17, 15) is 17.6 Å². The van der Waals surface area contributed by atoms with E-state index in [1.54, 1.807) is 25.1 Å². The maximum absolute atomic E-state index is 13.9. The monoisotopic (exact) mass is 483 g/mol. The molecule has 0 radical (unpaired) electrons. The Kier molecular flexibility index (Phi) is 6.95. The summed E-state index contributed by atoms with van der Waals surface area (Å²) in [6.07, 6.45) is 3.67. The van der Waals surface area contributed by atoms with Crippen molar-refractivity contribution in [2.45, 2.75) is 31.6 Å². The zero-order chi connectivity index (χ0) is 24.3. The molecule has 1 fully saturated rings. The van der Waals surface area contributed by atoms with Gasteiger partial charge >= 0.3 is 0 Å². The molecule has 0 saturated carbocycles. The Balaban J connectivity index is 1.47. The highest BCUT2D eigenvalue weighted by Gasteiger charge is 2.36. The zero-order valence-electron chi connectivity index (χ0n) is 19.0. The molecule has 3 aromatic rings. The maximum atomic E-state index is 13.9. The van der Waals surface area contributed by atoms with E-state index in [1.807, 2.05) is 31.2 Å². The zero-order valence-corrected chi connectivity index (χ0v) is 19.8. The lowest BCUT2D eigenvalue weighted by Crippen LogP contribution is -2.41. The van der Waals surface area contributed by atoms with E-state index in [1.165, 1.54) is 22.5 Å². The van der Waals surface area contributed by atoms with Gasteiger partial charge in [-0.2, -0.15) is 4.31 Å². The topological polar surface area (TPSA) is 92.5 Å². The smallest absolute Gasteiger partial charge is 0.248 e. The molecule has 0 aliphatic carbocycles. The standard InChI is InChI=1S/C25H26FN3O4S/c1-17-7-3-6-10-22(17)27-25(30)20-13-15-29(16-14-20)34(31,32)24-18(2)28-33-23(24)12-11-19-8-4-5-9-21(19)26/h3-12,20H,13-16H2,1-2H3,(H,27,30). The number of sulfonamides is 1. The molecule has 34 heavy (non-hydrogen) atoms. The van der Waals surface area contributed by atoms with Crippen molar-refractivity contribution in [2.75, 3.05) is 18.4 Å². The Bertz CT molecular complexity index is 1330. The van der Waals surface area contributed by atoms with Crippen molar-refractivity contribution in [2.24, 2.45) is 5.92 Å². The van der Waals surface area contributed by atoms with Gasteiger partial charge in [0, 0.05) is 30.3 Å². The molecule has 1 aliphatic rings. The van der Waals surface area contributed by atoms with Gasteiger partial charge in [0.05, 0.1) is 0 Å². The van der Waals surface area contributed by atoms with E-state index in [0.717, 1.165) is 11.3 Å². The first-order valence-electron chi connectivity index (χ1n) is 11.0. The lowest BCUT2D eigenvalue weighted by molar-refractivity contribution is -0.120. The van der Waals surface area contributed by atoms with Crippen molar-refractivity contribution in [3.05, 3.63) is 76.9 Å². The van der Waals surface area contributed by atoms with Crippen molar-refractivity contribution < 1.29 is 22.1 Å². The summed E-state index contributed by atoms with van der Waals surface area (Å²) in [6.45, 7) is 3.88. The van der Waals surface area contributed by atoms with Gasteiger partial charge in [0.25, 0.3) is 0 Å². The van der Waals surface area contributed by atoms with Crippen LogP contribution in [-0.4, -0.2) is 36.9 Å². The minimum absolute atomic E-state index is 0.0390. The predicted molar refractivity (Wildman–Crippen MR) is 128 cm³/mol. The molecule has 2 heterocycles. The highest BCUT2D eigenvalue weighted by Crippen LogP contribution is 2.30. The average molecular weight is 484 g/mol. The summed E-state index contributed by atoms with van der Waals surface area (Å²) in [5.41, 5.74) is 2.26. The molecule has 9 heteroatoms. The molecule has 1 aliphatic heterocycles. The number of rotatable bonds is 6. The summed E-state index contributed by atoms with van der Waals surface area (Å²) < 4.78 is 47.3. The summed E-state index contributed by atoms with van der Waals surface area (Å²) in [5, 5.41) is 6.77. The van der Waals surface area contributed by atoms with Crippen LogP contribution in [0.4, 0.5) is 10.1 Å². The molecule has 2 aromatic carbocycles. The lowest BCUT2D eigenvalue weighted by Gasteiger charge is -2.30. The molecule has 0 bridgehead atoms. The summed E-state index contributed by atoms with van der Waals surface area (Å²) >= 11 is 0. The fourth-order valence-electron chi connectivity index (χ4n) is 4.01. The fraction of sp³-hybridized carbons (Fsp3) is 0.280. The Hall–Kier alpha value is -3.30. The summed E-state index contributed by atoms with van der Waals surface area (Å²) in [7, 11) is -3.91. The van der Waals surface area contributed by atoms with Gasteiger partial charge in [-0.25, -0.2) is 12.8 Å².